The van der Waals surface area contributed by atoms with Crippen molar-refractivity contribution < 1.29 is 27.1 Å². The summed E-state index contributed by atoms with van der Waals surface area (Å²) in [6.45, 7) is 1.52. The summed E-state index contributed by atoms with van der Waals surface area (Å²) in [5.74, 6) is -1.44. The summed E-state index contributed by atoms with van der Waals surface area (Å²) in [7, 11) is -3.93. The molecule has 0 aromatic heterocycles. The highest BCUT2D eigenvalue weighted by molar-refractivity contribution is 7.89. The summed E-state index contributed by atoms with van der Waals surface area (Å²) in [5, 5.41) is 0.397. The molecular formula is C21H24ClFN2O5S. The van der Waals surface area contributed by atoms with Crippen LogP contribution in [0.1, 0.15) is 25.3 Å². The van der Waals surface area contributed by atoms with Crippen LogP contribution >= 0.6 is 11.6 Å². The van der Waals surface area contributed by atoms with Gasteiger partial charge in [-0.2, -0.15) is 4.31 Å². The minimum Gasteiger partial charge on any atom is -0.483 e. The van der Waals surface area contributed by atoms with Gasteiger partial charge in [0.2, 0.25) is 15.9 Å². The van der Waals surface area contributed by atoms with E-state index in [4.69, 9.17) is 22.1 Å². The molecule has 2 N–H and O–H groups in total. The molecule has 0 saturated carbocycles. The molecule has 2 rings (SSSR count). The van der Waals surface area contributed by atoms with E-state index < -0.39 is 21.7 Å². The largest absolute Gasteiger partial charge is 0.483 e. The van der Waals surface area contributed by atoms with Crippen LogP contribution in [-0.4, -0.2) is 38.1 Å². The number of hydrogen-bond acceptors (Lipinski definition) is 5. The van der Waals surface area contributed by atoms with Gasteiger partial charge in [-0.05, 0) is 54.3 Å². The maximum Gasteiger partial charge on any atom is 0.243 e. The molecule has 2 aromatic rings. The third-order valence-electron chi connectivity index (χ3n) is 4.51. The van der Waals surface area contributed by atoms with Crippen LogP contribution in [0.5, 0.6) is 5.75 Å². The molecular weight excluding hydrogens is 447 g/mol. The third-order valence-corrected chi connectivity index (χ3v) is 6.59. The Kier molecular flexibility index (Phi) is 8.97. The van der Waals surface area contributed by atoms with Crippen molar-refractivity contribution in [2.24, 2.45) is 11.7 Å². The van der Waals surface area contributed by atoms with E-state index >= 15 is 0 Å². The first-order valence-electron chi connectivity index (χ1n) is 9.52. The van der Waals surface area contributed by atoms with Crippen LogP contribution in [0.25, 0.3) is 0 Å². The number of sulfonamides is 1. The number of halogens is 2. The zero-order chi connectivity index (χ0) is 23.0. The number of aldehydes is 1. The maximum atomic E-state index is 14.3. The Balaban J connectivity index is 2.30. The zero-order valence-corrected chi connectivity index (χ0v) is 18.5. The zero-order valence-electron chi connectivity index (χ0n) is 17.0. The second-order valence-electron chi connectivity index (χ2n) is 7.10. The average Bonchev–Trinajstić information content (AvgIpc) is 2.71. The van der Waals surface area contributed by atoms with E-state index in [2.05, 4.69) is 0 Å². The van der Waals surface area contributed by atoms with Crippen LogP contribution in [0.3, 0.4) is 0 Å². The van der Waals surface area contributed by atoms with Gasteiger partial charge in [0.15, 0.2) is 17.9 Å². The summed E-state index contributed by atoms with van der Waals surface area (Å²) < 4.78 is 47.0. The van der Waals surface area contributed by atoms with Gasteiger partial charge in [0, 0.05) is 24.5 Å². The van der Waals surface area contributed by atoms with Crippen molar-refractivity contribution in [3.8, 4) is 5.75 Å². The second kappa shape index (κ2) is 11.2. The molecule has 0 aliphatic heterocycles. The first kappa shape index (κ1) is 24.8. The van der Waals surface area contributed by atoms with Crippen molar-refractivity contribution in [1.29, 1.82) is 0 Å². The molecule has 0 spiro atoms. The van der Waals surface area contributed by atoms with Gasteiger partial charge >= 0.3 is 0 Å². The summed E-state index contributed by atoms with van der Waals surface area (Å²) in [6, 6.07) is 9.79. The van der Waals surface area contributed by atoms with Crippen LogP contribution in [0.2, 0.25) is 5.02 Å². The van der Waals surface area contributed by atoms with E-state index in [0.717, 1.165) is 0 Å². The molecule has 1 atom stereocenters. The molecule has 0 bridgehead atoms. The average molecular weight is 471 g/mol. The number of nitrogens with zero attached hydrogens (tertiary/aromatic N) is 1. The highest BCUT2D eigenvalue weighted by atomic mass is 35.5. The van der Waals surface area contributed by atoms with Gasteiger partial charge in [0.05, 0.1) is 4.90 Å². The molecule has 0 saturated heterocycles. The fourth-order valence-corrected chi connectivity index (χ4v) is 4.59. The van der Waals surface area contributed by atoms with Gasteiger partial charge in [-0.3, -0.25) is 9.59 Å². The number of rotatable bonds is 12. The highest BCUT2D eigenvalue weighted by Gasteiger charge is 2.27. The van der Waals surface area contributed by atoms with Crippen LogP contribution in [0.4, 0.5) is 4.39 Å². The van der Waals surface area contributed by atoms with Crippen LogP contribution in [0, 0.1) is 11.7 Å². The Morgan fingerprint density at radius 2 is 1.94 bits per heavy atom. The highest BCUT2D eigenvalue weighted by Crippen LogP contribution is 2.25. The lowest BCUT2D eigenvalue weighted by Crippen LogP contribution is -2.34. The van der Waals surface area contributed by atoms with Gasteiger partial charge < -0.3 is 10.5 Å². The molecule has 2 aromatic carbocycles. The third kappa shape index (κ3) is 7.30. The topological polar surface area (TPSA) is 107 Å². The Bertz CT molecular complexity index is 1010. The molecule has 1 unspecified atom stereocenters. The van der Waals surface area contributed by atoms with E-state index in [-0.39, 0.29) is 42.7 Å². The second-order valence-corrected chi connectivity index (χ2v) is 9.48. The van der Waals surface area contributed by atoms with E-state index in [9.17, 15) is 22.4 Å². The Morgan fingerprint density at radius 1 is 1.26 bits per heavy atom. The van der Waals surface area contributed by atoms with E-state index in [0.29, 0.717) is 23.3 Å². The lowest BCUT2D eigenvalue weighted by Gasteiger charge is -2.25. The van der Waals surface area contributed by atoms with E-state index in [1.165, 1.54) is 46.8 Å². The predicted octanol–water partition coefficient (Wildman–Crippen LogP) is 3.15. The van der Waals surface area contributed by atoms with Gasteiger partial charge in [0.1, 0.15) is 6.61 Å². The smallest absolute Gasteiger partial charge is 0.243 e. The van der Waals surface area contributed by atoms with Crippen molar-refractivity contribution in [1.82, 2.24) is 4.31 Å². The lowest BCUT2D eigenvalue weighted by molar-refractivity contribution is -0.118. The Hall–Kier alpha value is -2.49. The molecule has 0 heterocycles. The number of primary amides is 1. The molecule has 31 heavy (non-hydrogen) atoms. The lowest BCUT2D eigenvalue weighted by atomic mass is 10.1. The van der Waals surface area contributed by atoms with Crippen molar-refractivity contribution in [3.63, 3.8) is 0 Å². The van der Waals surface area contributed by atoms with Gasteiger partial charge in [-0.1, -0.05) is 24.6 Å². The Morgan fingerprint density at radius 3 is 2.52 bits per heavy atom. The van der Waals surface area contributed by atoms with E-state index in [1.807, 2.05) is 6.92 Å². The number of carbonyl (C=O) groups excluding carboxylic acids is 2. The molecule has 0 fully saturated rings. The monoisotopic (exact) mass is 470 g/mol. The SMILES string of the molecule is CC(CCC(N)=O)CN(Cc1ccc(OCC=O)c(F)c1)S(=O)(=O)c1ccc(Cl)cc1. The first-order chi connectivity index (χ1) is 14.6. The summed E-state index contributed by atoms with van der Waals surface area (Å²) in [6.07, 6.45) is 1.05. The van der Waals surface area contributed by atoms with Crippen molar-refractivity contribution in [2.75, 3.05) is 13.2 Å². The molecule has 10 heteroatoms. The van der Waals surface area contributed by atoms with Crippen LogP contribution in [0.15, 0.2) is 47.4 Å². The number of nitrogens with two attached hydrogens (primary N) is 1. The van der Waals surface area contributed by atoms with Crippen molar-refractivity contribution in [3.05, 3.63) is 58.9 Å². The van der Waals surface area contributed by atoms with Gasteiger partial charge in [-0.15, -0.1) is 0 Å². The van der Waals surface area contributed by atoms with Gasteiger partial charge in [0.25, 0.3) is 0 Å². The number of amides is 1. The fourth-order valence-electron chi connectivity index (χ4n) is 2.92. The van der Waals surface area contributed by atoms with E-state index in [1.54, 1.807) is 0 Å². The summed E-state index contributed by atoms with van der Waals surface area (Å²) in [5.41, 5.74) is 5.59. The summed E-state index contributed by atoms with van der Waals surface area (Å²) >= 11 is 5.87. The maximum absolute atomic E-state index is 14.3. The predicted molar refractivity (Wildman–Crippen MR) is 115 cm³/mol. The van der Waals surface area contributed by atoms with Crippen molar-refractivity contribution in [2.45, 2.75) is 31.2 Å². The molecule has 1 amide bonds. The normalized spacial score (nSPS) is 12.5. The molecule has 7 nitrogen and oxygen atoms in total. The van der Waals surface area contributed by atoms with Gasteiger partial charge in [-0.25, -0.2) is 12.8 Å². The molecule has 0 aliphatic rings. The minimum absolute atomic E-state index is 0.0467. The minimum atomic E-state index is -3.93. The molecule has 0 aliphatic carbocycles. The standard InChI is InChI=1S/C21H24ClFN2O5S/c1-15(2-9-21(24)27)13-25(31(28,29)18-6-4-17(22)5-7-18)14-16-3-8-20(19(23)12-16)30-11-10-26/h3-8,10,12,15H,2,9,11,13-14H2,1H3,(H2,24,27). The number of ether oxygens (including phenoxy) is 1. The first-order valence-corrected chi connectivity index (χ1v) is 11.3. The fraction of sp³-hybridized carbons (Fsp3) is 0.333. The number of benzene rings is 2. The Labute approximate surface area is 186 Å². The summed E-state index contributed by atoms with van der Waals surface area (Å²) in [4.78, 5) is 21.5. The molecule has 0 radical (unpaired) electrons. The quantitative estimate of drug-likeness (QED) is 0.479. The van der Waals surface area contributed by atoms with Crippen LogP contribution in [-0.2, 0) is 26.2 Å². The number of carbonyl (C=O) groups is 2. The molecule has 168 valence electrons. The van der Waals surface area contributed by atoms with Crippen molar-refractivity contribution >= 4 is 33.8 Å². The number of hydrogen-bond donors (Lipinski definition) is 1. The van der Waals surface area contributed by atoms with Crippen LogP contribution < -0.4 is 10.5 Å².